The molecule has 0 aliphatic heterocycles. The Morgan fingerprint density at radius 1 is 1.17 bits per heavy atom. The summed E-state index contributed by atoms with van der Waals surface area (Å²) < 4.78 is 1.95. The standard InChI is InChI=1S/C13H11Br2ClOS/c1-6-4-10(16)7(2)3-8(6)12(17)11-5-9(14)13(15)18-11/h3-5,12,17H,1-2H3. The van der Waals surface area contributed by atoms with Crippen molar-refractivity contribution in [2.75, 3.05) is 0 Å². The molecule has 0 amide bonds. The van der Waals surface area contributed by atoms with E-state index in [-0.39, 0.29) is 0 Å². The largest absolute Gasteiger partial charge is 0.383 e. The van der Waals surface area contributed by atoms with E-state index in [0.717, 1.165) is 34.8 Å². The molecule has 1 unspecified atom stereocenters. The Hall–Kier alpha value is 0.130. The number of aliphatic hydroxyl groups is 1. The molecule has 18 heavy (non-hydrogen) atoms. The first-order valence-electron chi connectivity index (χ1n) is 5.29. The number of thiophene rings is 1. The summed E-state index contributed by atoms with van der Waals surface area (Å²) in [5, 5.41) is 11.2. The number of hydrogen-bond donors (Lipinski definition) is 1. The van der Waals surface area contributed by atoms with Gasteiger partial charge < -0.3 is 5.11 Å². The van der Waals surface area contributed by atoms with Crippen LogP contribution in [0.3, 0.4) is 0 Å². The third kappa shape index (κ3) is 2.83. The van der Waals surface area contributed by atoms with Crippen molar-refractivity contribution in [1.82, 2.24) is 0 Å². The highest BCUT2D eigenvalue weighted by molar-refractivity contribution is 9.13. The minimum atomic E-state index is -0.617. The van der Waals surface area contributed by atoms with Crippen LogP contribution in [0.25, 0.3) is 0 Å². The molecular weight excluding hydrogens is 399 g/mol. The fourth-order valence-corrected chi connectivity index (χ4v) is 4.06. The molecule has 0 bridgehead atoms. The molecule has 1 aromatic heterocycles. The van der Waals surface area contributed by atoms with E-state index < -0.39 is 6.10 Å². The van der Waals surface area contributed by atoms with Crippen molar-refractivity contribution >= 4 is 54.8 Å². The van der Waals surface area contributed by atoms with Crippen molar-refractivity contribution < 1.29 is 5.11 Å². The molecule has 2 aromatic rings. The van der Waals surface area contributed by atoms with Gasteiger partial charge in [-0.2, -0.15) is 0 Å². The maximum Gasteiger partial charge on any atom is 0.114 e. The van der Waals surface area contributed by atoms with Crippen LogP contribution in [0.1, 0.15) is 27.7 Å². The van der Waals surface area contributed by atoms with Crippen LogP contribution in [0.4, 0.5) is 0 Å². The highest BCUT2D eigenvalue weighted by atomic mass is 79.9. The maximum absolute atomic E-state index is 10.5. The first-order valence-corrected chi connectivity index (χ1v) is 8.07. The van der Waals surface area contributed by atoms with Gasteiger partial charge in [0, 0.05) is 14.4 Å². The molecule has 96 valence electrons. The van der Waals surface area contributed by atoms with E-state index in [1.54, 1.807) is 0 Å². The summed E-state index contributed by atoms with van der Waals surface area (Å²) in [6.07, 6.45) is -0.617. The van der Waals surface area contributed by atoms with Gasteiger partial charge in [-0.3, -0.25) is 0 Å². The Morgan fingerprint density at radius 2 is 1.83 bits per heavy atom. The number of rotatable bonds is 2. The first-order chi connectivity index (χ1) is 8.40. The van der Waals surface area contributed by atoms with E-state index in [9.17, 15) is 5.11 Å². The fourth-order valence-electron chi connectivity index (χ4n) is 1.75. The number of benzene rings is 1. The molecule has 5 heteroatoms. The summed E-state index contributed by atoms with van der Waals surface area (Å²) in [5.41, 5.74) is 2.88. The second-order valence-corrected chi connectivity index (χ2v) is 7.79. The Kier molecular flexibility index (Phi) is 4.55. The van der Waals surface area contributed by atoms with Crippen LogP contribution in [-0.2, 0) is 0 Å². The minimum Gasteiger partial charge on any atom is -0.383 e. The van der Waals surface area contributed by atoms with Gasteiger partial charge in [-0.15, -0.1) is 11.3 Å². The van der Waals surface area contributed by atoms with Gasteiger partial charge in [-0.1, -0.05) is 17.7 Å². The van der Waals surface area contributed by atoms with Crippen LogP contribution in [0.15, 0.2) is 26.5 Å². The summed E-state index contributed by atoms with van der Waals surface area (Å²) in [6.45, 7) is 3.90. The Bertz CT molecular complexity index is 575. The van der Waals surface area contributed by atoms with E-state index in [2.05, 4.69) is 31.9 Å². The Balaban J connectivity index is 2.45. The summed E-state index contributed by atoms with van der Waals surface area (Å²) in [5.74, 6) is 0. The molecule has 0 spiro atoms. The predicted octanol–water partition coefficient (Wildman–Crippen LogP) is 5.63. The number of aryl methyl sites for hydroxylation is 2. The fraction of sp³-hybridized carbons (Fsp3) is 0.231. The minimum absolute atomic E-state index is 0.617. The Morgan fingerprint density at radius 3 is 2.39 bits per heavy atom. The van der Waals surface area contributed by atoms with E-state index in [1.165, 1.54) is 11.3 Å². The zero-order valence-electron chi connectivity index (χ0n) is 9.80. The second-order valence-electron chi connectivity index (χ2n) is 4.13. The molecule has 1 heterocycles. The number of halogens is 3. The molecule has 0 aliphatic rings. The molecule has 0 radical (unpaired) electrons. The lowest BCUT2D eigenvalue weighted by atomic mass is 10.00. The van der Waals surface area contributed by atoms with Gasteiger partial charge in [0.25, 0.3) is 0 Å². The molecule has 0 saturated heterocycles. The average molecular weight is 411 g/mol. The van der Waals surface area contributed by atoms with E-state index in [1.807, 2.05) is 32.0 Å². The maximum atomic E-state index is 10.5. The average Bonchev–Trinajstić information content (AvgIpc) is 2.63. The smallest absolute Gasteiger partial charge is 0.114 e. The molecule has 1 N–H and O–H groups in total. The van der Waals surface area contributed by atoms with Crippen LogP contribution in [0.2, 0.25) is 5.02 Å². The lowest BCUT2D eigenvalue weighted by molar-refractivity contribution is 0.223. The third-order valence-corrected chi connectivity index (χ3v) is 6.49. The lowest BCUT2D eigenvalue weighted by Crippen LogP contribution is -2.00. The summed E-state index contributed by atoms with van der Waals surface area (Å²) in [4.78, 5) is 0.901. The van der Waals surface area contributed by atoms with E-state index >= 15 is 0 Å². The van der Waals surface area contributed by atoms with E-state index in [0.29, 0.717) is 0 Å². The molecule has 2 rings (SSSR count). The first kappa shape index (κ1) is 14.5. The van der Waals surface area contributed by atoms with Gasteiger partial charge >= 0.3 is 0 Å². The van der Waals surface area contributed by atoms with Crippen LogP contribution < -0.4 is 0 Å². The molecule has 0 fully saturated rings. The molecule has 1 atom stereocenters. The summed E-state index contributed by atoms with van der Waals surface area (Å²) >= 11 is 14.5. The van der Waals surface area contributed by atoms with Gasteiger partial charge in [0.1, 0.15) is 6.10 Å². The zero-order chi connectivity index (χ0) is 13.4. The predicted molar refractivity (Wildman–Crippen MR) is 84.7 cm³/mol. The van der Waals surface area contributed by atoms with Crippen LogP contribution in [0, 0.1) is 13.8 Å². The molecular formula is C13H11Br2ClOS. The number of aliphatic hydroxyl groups excluding tert-OH is 1. The topological polar surface area (TPSA) is 20.2 Å². The van der Waals surface area contributed by atoms with Gasteiger partial charge in [0.2, 0.25) is 0 Å². The Labute approximate surface area is 132 Å². The quantitative estimate of drug-likeness (QED) is 0.681. The van der Waals surface area contributed by atoms with Gasteiger partial charge in [0.05, 0.1) is 3.79 Å². The van der Waals surface area contributed by atoms with Gasteiger partial charge in [-0.05, 0) is 74.5 Å². The van der Waals surface area contributed by atoms with Crippen molar-refractivity contribution in [2.45, 2.75) is 20.0 Å². The van der Waals surface area contributed by atoms with Crippen molar-refractivity contribution in [3.63, 3.8) is 0 Å². The SMILES string of the molecule is Cc1cc(C(O)c2cc(Br)c(Br)s2)c(C)cc1Cl. The van der Waals surface area contributed by atoms with Crippen molar-refractivity contribution in [3.8, 4) is 0 Å². The van der Waals surface area contributed by atoms with Crippen molar-refractivity contribution in [3.05, 3.63) is 53.0 Å². The third-order valence-electron chi connectivity index (χ3n) is 2.78. The molecule has 1 nitrogen and oxygen atoms in total. The normalized spacial score (nSPS) is 12.8. The van der Waals surface area contributed by atoms with Gasteiger partial charge in [0.15, 0.2) is 0 Å². The highest BCUT2D eigenvalue weighted by Gasteiger charge is 2.17. The molecule has 0 saturated carbocycles. The monoisotopic (exact) mass is 408 g/mol. The lowest BCUT2D eigenvalue weighted by Gasteiger charge is -2.14. The van der Waals surface area contributed by atoms with Crippen molar-refractivity contribution in [2.24, 2.45) is 0 Å². The van der Waals surface area contributed by atoms with E-state index in [4.69, 9.17) is 11.6 Å². The van der Waals surface area contributed by atoms with Crippen LogP contribution in [-0.4, -0.2) is 5.11 Å². The zero-order valence-corrected chi connectivity index (χ0v) is 14.5. The summed E-state index contributed by atoms with van der Waals surface area (Å²) in [6, 6.07) is 5.78. The molecule has 0 aliphatic carbocycles. The molecule has 1 aromatic carbocycles. The van der Waals surface area contributed by atoms with Crippen LogP contribution >= 0.6 is 54.8 Å². The van der Waals surface area contributed by atoms with Gasteiger partial charge in [-0.25, -0.2) is 0 Å². The highest BCUT2D eigenvalue weighted by Crippen LogP contribution is 2.38. The van der Waals surface area contributed by atoms with Crippen LogP contribution in [0.5, 0.6) is 0 Å². The van der Waals surface area contributed by atoms with Crippen molar-refractivity contribution in [1.29, 1.82) is 0 Å². The summed E-state index contributed by atoms with van der Waals surface area (Å²) in [7, 11) is 0. The number of hydrogen-bond acceptors (Lipinski definition) is 2. The second kappa shape index (κ2) is 5.63.